The number of halogens is 2. The van der Waals surface area contributed by atoms with Crippen LogP contribution in [0, 0.1) is 0 Å². The lowest BCUT2D eigenvalue weighted by Crippen LogP contribution is -1.97. The minimum absolute atomic E-state index is 0.698. The Hall–Kier alpha value is -0.520. The summed E-state index contributed by atoms with van der Waals surface area (Å²) in [5.74, 6) is 0.907. The molecule has 1 heterocycles. The van der Waals surface area contributed by atoms with Gasteiger partial charge in [-0.3, -0.25) is 0 Å². The molecule has 0 unspecified atom stereocenters. The van der Waals surface area contributed by atoms with Crippen LogP contribution in [-0.2, 0) is 6.54 Å². The van der Waals surface area contributed by atoms with Crippen LogP contribution in [0.5, 0.6) is 5.75 Å². The first-order valence-electron chi connectivity index (χ1n) is 5.59. The first kappa shape index (κ1) is 13.9. The normalized spacial score (nSPS) is 10.4. The van der Waals surface area contributed by atoms with Gasteiger partial charge in [0.2, 0.25) is 0 Å². The van der Waals surface area contributed by atoms with Gasteiger partial charge in [0.15, 0.2) is 0 Å². The summed E-state index contributed by atoms with van der Waals surface area (Å²) in [5, 5.41) is 3.38. The van der Waals surface area contributed by atoms with Crippen molar-refractivity contribution in [3.05, 3.63) is 43.5 Å². The van der Waals surface area contributed by atoms with E-state index in [0.29, 0.717) is 6.61 Å². The molecule has 1 aromatic carbocycles. The van der Waals surface area contributed by atoms with Gasteiger partial charge < -0.3 is 10.1 Å². The quantitative estimate of drug-likeness (QED) is 0.749. The van der Waals surface area contributed by atoms with Crippen molar-refractivity contribution in [3.63, 3.8) is 0 Å². The number of hydrogen-bond acceptors (Lipinski definition) is 3. The molecule has 2 rings (SSSR count). The number of thiophene rings is 1. The van der Waals surface area contributed by atoms with E-state index in [4.69, 9.17) is 4.74 Å². The van der Waals surface area contributed by atoms with Gasteiger partial charge in [0.1, 0.15) is 5.75 Å². The molecule has 0 aliphatic heterocycles. The molecule has 0 aliphatic carbocycles. The fraction of sp³-hybridized carbons (Fsp3) is 0.231. The van der Waals surface area contributed by atoms with Gasteiger partial charge in [-0.2, -0.15) is 0 Å². The monoisotopic (exact) mass is 389 g/mol. The van der Waals surface area contributed by atoms with E-state index in [-0.39, 0.29) is 0 Å². The summed E-state index contributed by atoms with van der Waals surface area (Å²) < 4.78 is 7.64. The number of anilines is 1. The molecule has 0 aliphatic rings. The van der Waals surface area contributed by atoms with Crippen molar-refractivity contribution in [2.45, 2.75) is 13.5 Å². The molecule has 0 radical (unpaired) electrons. The molecule has 1 N–H and O–H groups in total. The lowest BCUT2D eigenvalue weighted by atomic mass is 10.3. The minimum Gasteiger partial charge on any atom is -0.494 e. The van der Waals surface area contributed by atoms with Crippen molar-refractivity contribution in [2.24, 2.45) is 0 Å². The van der Waals surface area contributed by atoms with Crippen molar-refractivity contribution in [3.8, 4) is 5.75 Å². The first-order chi connectivity index (χ1) is 8.69. The van der Waals surface area contributed by atoms with Crippen LogP contribution in [0.1, 0.15) is 11.8 Å². The van der Waals surface area contributed by atoms with Gasteiger partial charge in [0.05, 0.1) is 10.4 Å². The predicted molar refractivity (Wildman–Crippen MR) is 84.7 cm³/mol. The molecule has 2 nitrogen and oxygen atoms in total. The predicted octanol–water partition coefficient (Wildman–Crippen LogP) is 5.28. The third-order valence-corrected chi connectivity index (χ3v) is 5.58. The molecule has 0 saturated carbocycles. The fourth-order valence-corrected chi connectivity index (χ4v) is 3.62. The van der Waals surface area contributed by atoms with Crippen LogP contribution in [0.3, 0.4) is 0 Å². The second-order valence-corrected chi connectivity index (χ2v) is 6.95. The maximum absolute atomic E-state index is 5.40. The Bertz CT molecular complexity index is 491. The molecule has 5 heteroatoms. The molecule has 0 amide bonds. The van der Waals surface area contributed by atoms with Crippen LogP contribution in [0.25, 0.3) is 0 Å². The maximum Gasteiger partial charge on any atom is 0.119 e. The zero-order valence-corrected chi connectivity index (χ0v) is 13.9. The van der Waals surface area contributed by atoms with E-state index in [9.17, 15) is 0 Å². The number of nitrogens with one attached hydrogen (secondary N) is 1. The van der Waals surface area contributed by atoms with Gasteiger partial charge >= 0.3 is 0 Å². The van der Waals surface area contributed by atoms with Crippen LogP contribution < -0.4 is 10.1 Å². The van der Waals surface area contributed by atoms with Crippen molar-refractivity contribution >= 4 is 48.9 Å². The Labute approximate surface area is 128 Å². The highest BCUT2D eigenvalue weighted by atomic mass is 79.9. The maximum atomic E-state index is 5.40. The van der Waals surface area contributed by atoms with Gasteiger partial charge in [-0.05, 0) is 69.1 Å². The van der Waals surface area contributed by atoms with E-state index in [1.807, 2.05) is 31.2 Å². The van der Waals surface area contributed by atoms with E-state index in [1.54, 1.807) is 11.3 Å². The number of ether oxygens (including phenoxy) is 1. The third kappa shape index (κ3) is 3.73. The summed E-state index contributed by atoms with van der Waals surface area (Å²) in [6.45, 7) is 3.51. The molecule has 96 valence electrons. The molecule has 0 atom stereocenters. The average molecular weight is 391 g/mol. The topological polar surface area (TPSA) is 21.3 Å². The smallest absolute Gasteiger partial charge is 0.119 e. The molecule has 0 spiro atoms. The fourth-order valence-electron chi connectivity index (χ4n) is 1.50. The first-order valence-corrected chi connectivity index (χ1v) is 7.99. The van der Waals surface area contributed by atoms with E-state index >= 15 is 0 Å². The van der Waals surface area contributed by atoms with E-state index in [0.717, 1.165) is 26.2 Å². The molecular formula is C13H13Br2NOS. The van der Waals surface area contributed by atoms with Gasteiger partial charge in [-0.15, -0.1) is 11.3 Å². The Balaban J connectivity index is 1.93. The lowest BCUT2D eigenvalue weighted by Gasteiger charge is -2.06. The average Bonchev–Trinajstić information content (AvgIpc) is 2.68. The van der Waals surface area contributed by atoms with Gasteiger partial charge in [-0.1, -0.05) is 0 Å². The van der Waals surface area contributed by atoms with Crippen LogP contribution >= 0.6 is 43.2 Å². The zero-order valence-electron chi connectivity index (χ0n) is 9.87. The van der Waals surface area contributed by atoms with E-state index < -0.39 is 0 Å². The largest absolute Gasteiger partial charge is 0.494 e. The standard InChI is InChI=1S/C13H13Br2NOS/c1-2-17-10-5-3-9(4-6-10)16-8-11-7-12(14)13(15)18-11/h3-7,16H,2,8H2,1H3. The molecule has 18 heavy (non-hydrogen) atoms. The Morgan fingerprint density at radius 2 is 1.94 bits per heavy atom. The molecule has 0 saturated heterocycles. The zero-order chi connectivity index (χ0) is 13.0. The molecule has 0 bridgehead atoms. The summed E-state index contributed by atoms with van der Waals surface area (Å²) in [7, 11) is 0. The van der Waals surface area contributed by atoms with Crippen LogP contribution in [0.2, 0.25) is 0 Å². The Kier molecular flexibility index (Phi) is 5.09. The molecule has 1 aromatic heterocycles. The SMILES string of the molecule is CCOc1ccc(NCc2cc(Br)c(Br)s2)cc1. The van der Waals surface area contributed by atoms with Crippen molar-refractivity contribution in [1.29, 1.82) is 0 Å². The number of rotatable bonds is 5. The lowest BCUT2D eigenvalue weighted by molar-refractivity contribution is 0.340. The van der Waals surface area contributed by atoms with Crippen molar-refractivity contribution in [2.75, 3.05) is 11.9 Å². The summed E-state index contributed by atoms with van der Waals surface area (Å²) >= 11 is 8.71. The van der Waals surface area contributed by atoms with Crippen LogP contribution in [0.15, 0.2) is 38.6 Å². The summed E-state index contributed by atoms with van der Waals surface area (Å²) in [6.07, 6.45) is 0. The van der Waals surface area contributed by atoms with E-state index in [2.05, 4.69) is 43.2 Å². The third-order valence-electron chi connectivity index (χ3n) is 2.33. The molecule has 2 aromatic rings. The summed E-state index contributed by atoms with van der Waals surface area (Å²) in [6, 6.07) is 10.1. The van der Waals surface area contributed by atoms with Gasteiger partial charge in [0, 0.05) is 21.6 Å². The molecular weight excluding hydrogens is 378 g/mol. The Morgan fingerprint density at radius 3 is 2.50 bits per heavy atom. The van der Waals surface area contributed by atoms with Crippen molar-refractivity contribution in [1.82, 2.24) is 0 Å². The van der Waals surface area contributed by atoms with E-state index in [1.165, 1.54) is 4.88 Å². The molecule has 0 fully saturated rings. The number of hydrogen-bond donors (Lipinski definition) is 1. The van der Waals surface area contributed by atoms with Gasteiger partial charge in [0.25, 0.3) is 0 Å². The summed E-state index contributed by atoms with van der Waals surface area (Å²) in [5.41, 5.74) is 1.10. The highest BCUT2D eigenvalue weighted by Crippen LogP contribution is 2.32. The summed E-state index contributed by atoms with van der Waals surface area (Å²) in [4.78, 5) is 1.28. The Morgan fingerprint density at radius 1 is 1.22 bits per heavy atom. The van der Waals surface area contributed by atoms with Gasteiger partial charge in [-0.25, -0.2) is 0 Å². The van der Waals surface area contributed by atoms with Crippen LogP contribution in [0.4, 0.5) is 5.69 Å². The second kappa shape index (κ2) is 6.59. The highest BCUT2D eigenvalue weighted by Gasteiger charge is 2.03. The highest BCUT2D eigenvalue weighted by molar-refractivity contribution is 9.13. The van der Waals surface area contributed by atoms with Crippen LogP contribution in [-0.4, -0.2) is 6.61 Å². The minimum atomic E-state index is 0.698. The number of benzene rings is 1. The second-order valence-electron chi connectivity index (χ2n) is 3.65. The van der Waals surface area contributed by atoms with Crippen molar-refractivity contribution < 1.29 is 4.74 Å².